The van der Waals surface area contributed by atoms with Crippen LogP contribution in [-0.4, -0.2) is 68.7 Å². The lowest BCUT2D eigenvalue weighted by molar-refractivity contribution is -0.134. The van der Waals surface area contributed by atoms with Gasteiger partial charge in [-0.1, -0.05) is 12.1 Å². The van der Waals surface area contributed by atoms with Gasteiger partial charge in [0.05, 0.1) is 5.69 Å². The van der Waals surface area contributed by atoms with Crippen LogP contribution in [0.2, 0.25) is 0 Å². The summed E-state index contributed by atoms with van der Waals surface area (Å²) in [5.41, 5.74) is -0.0232. The first kappa shape index (κ1) is 22.8. The van der Waals surface area contributed by atoms with Crippen LogP contribution in [0.4, 0.5) is 15.3 Å². The lowest BCUT2D eigenvalue weighted by atomic mass is 9.91. The van der Waals surface area contributed by atoms with Gasteiger partial charge in [0.1, 0.15) is 31.6 Å². The molecule has 0 radical (unpaired) electrons. The van der Waals surface area contributed by atoms with E-state index in [4.69, 9.17) is 9.47 Å². The largest absolute Gasteiger partial charge is 0.486 e. The highest BCUT2D eigenvalue weighted by Crippen LogP contribution is 2.32. The molecule has 2 aliphatic rings. The lowest BCUT2D eigenvalue weighted by Crippen LogP contribution is -2.45. The van der Waals surface area contributed by atoms with E-state index in [0.717, 1.165) is 4.90 Å². The van der Waals surface area contributed by atoms with Crippen LogP contribution in [0.5, 0.6) is 11.5 Å². The number of rotatable bonds is 5. The zero-order chi connectivity index (χ0) is 25.3. The van der Waals surface area contributed by atoms with Crippen LogP contribution in [-0.2, 0) is 15.1 Å². The Morgan fingerprint density at radius 2 is 1.92 bits per heavy atom. The number of fused-ring (bicyclic) bond motifs is 1. The van der Waals surface area contributed by atoms with Crippen molar-refractivity contribution in [1.29, 1.82) is 0 Å². The van der Waals surface area contributed by atoms with Gasteiger partial charge < -0.3 is 20.1 Å². The van der Waals surface area contributed by atoms with Gasteiger partial charge in [0, 0.05) is 11.8 Å². The van der Waals surface area contributed by atoms with Crippen molar-refractivity contribution in [3.63, 3.8) is 0 Å². The number of aromatic nitrogens is 4. The fourth-order valence-electron chi connectivity index (χ4n) is 3.87. The molecule has 3 heterocycles. The molecule has 0 aliphatic carbocycles. The normalized spacial score (nSPS) is 18.5. The zero-order valence-electron chi connectivity index (χ0n) is 18.9. The maximum Gasteiger partial charge on any atom is 0.325 e. The van der Waals surface area contributed by atoms with Gasteiger partial charge >= 0.3 is 12.1 Å². The van der Waals surface area contributed by atoms with Crippen molar-refractivity contribution >= 4 is 29.6 Å². The monoisotopic (exact) mass is 492 g/mol. The summed E-state index contributed by atoms with van der Waals surface area (Å²) in [4.78, 5) is 51.3. The summed E-state index contributed by atoms with van der Waals surface area (Å²) in [7, 11) is 0. The summed E-state index contributed by atoms with van der Waals surface area (Å²) in [5, 5.41) is 18.2. The molecule has 14 heteroatoms. The fourth-order valence-corrected chi connectivity index (χ4v) is 3.87. The van der Waals surface area contributed by atoms with E-state index < -0.39 is 36.0 Å². The molecule has 184 valence electrons. The summed E-state index contributed by atoms with van der Waals surface area (Å²) in [5.74, 6) is -0.481. The van der Waals surface area contributed by atoms with Crippen molar-refractivity contribution in [2.45, 2.75) is 12.5 Å². The minimum Gasteiger partial charge on any atom is -0.486 e. The highest BCUT2D eigenvalue weighted by atomic mass is 16.6. The van der Waals surface area contributed by atoms with Gasteiger partial charge in [0.25, 0.3) is 5.91 Å². The quantitative estimate of drug-likeness (QED) is 0.430. The standard InChI is InChI=1S/C22H20N8O6/c1-22(13-3-2-4-15(9-13)30-12-23-27-28-30)19(32)29(21(34)26-22)11-18(31)25-20(33)24-14-5-6-16-17(10-14)36-8-7-35-16/h2-6,9-10,12H,7-8,11H2,1H3,(H,26,34)(H2,24,25,31,33). The highest BCUT2D eigenvalue weighted by molar-refractivity contribution is 6.10. The number of carbonyl (C=O) groups excluding carboxylic acids is 4. The molecular formula is C22H20N8O6. The number of imide groups is 2. The number of hydrogen-bond donors (Lipinski definition) is 3. The van der Waals surface area contributed by atoms with Crippen LogP contribution in [0.3, 0.4) is 0 Å². The van der Waals surface area contributed by atoms with E-state index in [2.05, 4.69) is 31.5 Å². The molecule has 0 bridgehead atoms. The molecule has 1 unspecified atom stereocenters. The molecule has 6 amide bonds. The van der Waals surface area contributed by atoms with E-state index in [1.807, 2.05) is 0 Å². The number of tetrazole rings is 1. The Labute approximate surface area is 203 Å². The second-order valence-electron chi connectivity index (χ2n) is 8.11. The minimum absolute atomic E-state index is 0.370. The molecule has 1 aromatic heterocycles. The summed E-state index contributed by atoms with van der Waals surface area (Å²) in [6.45, 7) is 1.69. The van der Waals surface area contributed by atoms with Crippen molar-refractivity contribution < 1.29 is 28.7 Å². The number of ether oxygens (including phenoxy) is 2. The Bertz CT molecular complexity index is 1360. The molecule has 0 spiro atoms. The van der Waals surface area contributed by atoms with Gasteiger partial charge in [-0.15, -0.1) is 5.10 Å². The number of hydrogen-bond acceptors (Lipinski definition) is 9. The third kappa shape index (κ3) is 4.26. The molecule has 36 heavy (non-hydrogen) atoms. The topological polar surface area (TPSA) is 170 Å². The molecule has 0 saturated carbocycles. The van der Waals surface area contributed by atoms with Crippen LogP contribution in [0.1, 0.15) is 12.5 Å². The van der Waals surface area contributed by atoms with E-state index in [0.29, 0.717) is 41.7 Å². The Kier molecular flexibility index (Phi) is 5.68. The molecule has 2 aliphatic heterocycles. The SMILES string of the molecule is CC1(c2cccc(-n3cnnn3)c2)NC(=O)N(CC(=O)NC(=O)Nc2ccc3c(c2)OCCO3)C1=O. The summed E-state index contributed by atoms with van der Waals surface area (Å²) in [6.07, 6.45) is 1.39. The van der Waals surface area contributed by atoms with Crippen molar-refractivity contribution in [1.82, 2.24) is 35.7 Å². The van der Waals surface area contributed by atoms with Crippen molar-refractivity contribution in [2.24, 2.45) is 0 Å². The van der Waals surface area contributed by atoms with E-state index in [1.54, 1.807) is 42.5 Å². The first-order valence-electron chi connectivity index (χ1n) is 10.8. The molecule has 1 fully saturated rings. The maximum absolute atomic E-state index is 13.2. The van der Waals surface area contributed by atoms with Gasteiger partial charge in [-0.3, -0.25) is 19.8 Å². The number of nitrogens with zero attached hydrogens (tertiary/aromatic N) is 5. The Morgan fingerprint density at radius 3 is 2.69 bits per heavy atom. The van der Waals surface area contributed by atoms with Crippen LogP contribution in [0.15, 0.2) is 48.8 Å². The number of nitrogens with one attached hydrogen (secondary N) is 3. The number of benzene rings is 2. The Morgan fingerprint density at radius 1 is 1.11 bits per heavy atom. The number of urea groups is 2. The fraction of sp³-hybridized carbons (Fsp3) is 0.227. The average molecular weight is 492 g/mol. The molecule has 1 atom stereocenters. The van der Waals surface area contributed by atoms with Crippen LogP contribution in [0, 0.1) is 0 Å². The van der Waals surface area contributed by atoms with Gasteiger partial charge in [-0.05, 0) is 47.2 Å². The molecule has 2 aromatic carbocycles. The van der Waals surface area contributed by atoms with E-state index in [1.165, 1.54) is 17.9 Å². The van der Waals surface area contributed by atoms with Gasteiger partial charge in [-0.25, -0.2) is 14.3 Å². The summed E-state index contributed by atoms with van der Waals surface area (Å²) >= 11 is 0. The maximum atomic E-state index is 13.2. The first-order valence-corrected chi connectivity index (χ1v) is 10.8. The average Bonchev–Trinajstić information content (AvgIpc) is 3.48. The Balaban J connectivity index is 1.23. The third-order valence-electron chi connectivity index (χ3n) is 5.67. The van der Waals surface area contributed by atoms with Crippen molar-refractivity contribution in [3.8, 4) is 17.2 Å². The predicted octanol–water partition coefficient (Wildman–Crippen LogP) is 0.549. The smallest absolute Gasteiger partial charge is 0.325 e. The molecule has 5 rings (SSSR count). The first-order chi connectivity index (χ1) is 17.3. The van der Waals surface area contributed by atoms with Crippen LogP contribution >= 0.6 is 0 Å². The predicted molar refractivity (Wildman–Crippen MR) is 121 cm³/mol. The van der Waals surface area contributed by atoms with Gasteiger partial charge in [-0.2, -0.15) is 0 Å². The Hall–Kier alpha value is -5.01. The van der Waals surface area contributed by atoms with E-state index >= 15 is 0 Å². The zero-order valence-corrected chi connectivity index (χ0v) is 18.9. The third-order valence-corrected chi connectivity index (χ3v) is 5.67. The molecule has 3 aromatic rings. The lowest BCUT2D eigenvalue weighted by Gasteiger charge is -2.22. The second kappa shape index (κ2) is 8.98. The van der Waals surface area contributed by atoms with Gasteiger partial charge in [0.15, 0.2) is 11.5 Å². The summed E-state index contributed by atoms with van der Waals surface area (Å²) in [6, 6.07) is 9.92. The molecular weight excluding hydrogens is 472 g/mol. The molecule has 1 saturated heterocycles. The van der Waals surface area contributed by atoms with E-state index in [9.17, 15) is 19.2 Å². The number of anilines is 1. The van der Waals surface area contributed by atoms with Crippen molar-refractivity contribution in [3.05, 3.63) is 54.4 Å². The number of carbonyl (C=O) groups is 4. The number of amides is 6. The van der Waals surface area contributed by atoms with Gasteiger partial charge in [0.2, 0.25) is 5.91 Å². The van der Waals surface area contributed by atoms with Crippen LogP contribution < -0.4 is 25.4 Å². The minimum atomic E-state index is -1.44. The highest BCUT2D eigenvalue weighted by Gasteiger charge is 2.49. The van der Waals surface area contributed by atoms with E-state index in [-0.39, 0.29) is 0 Å². The van der Waals surface area contributed by atoms with Crippen molar-refractivity contribution in [2.75, 3.05) is 25.1 Å². The second-order valence-corrected chi connectivity index (χ2v) is 8.11. The summed E-state index contributed by atoms with van der Waals surface area (Å²) < 4.78 is 12.3. The molecule has 14 nitrogen and oxygen atoms in total. The molecule has 3 N–H and O–H groups in total. The van der Waals surface area contributed by atoms with Crippen LogP contribution in [0.25, 0.3) is 5.69 Å².